The highest BCUT2D eigenvalue weighted by Crippen LogP contribution is 2.26. The molecule has 1 aliphatic rings. The summed E-state index contributed by atoms with van der Waals surface area (Å²) in [7, 11) is -3.55. The number of carbonyl (C=O) groups is 2. The molecule has 1 aromatic heterocycles. The Balaban J connectivity index is 1.39. The molecular formula is C25H28N4O4S2. The molecule has 184 valence electrons. The van der Waals surface area contributed by atoms with Gasteiger partial charge in [0, 0.05) is 43.1 Å². The third-order valence-electron chi connectivity index (χ3n) is 5.84. The Labute approximate surface area is 209 Å². The molecule has 1 saturated heterocycles. The smallest absolute Gasteiger partial charge is 0.257 e. The third kappa shape index (κ3) is 6.33. The first-order chi connectivity index (χ1) is 16.8. The molecule has 0 radical (unpaired) electrons. The fourth-order valence-corrected chi connectivity index (χ4v) is 6.09. The highest BCUT2D eigenvalue weighted by molar-refractivity contribution is 7.89. The first kappa shape index (κ1) is 25.0. The largest absolute Gasteiger partial charge is 0.352 e. The number of amides is 2. The van der Waals surface area contributed by atoms with E-state index < -0.39 is 10.0 Å². The number of carbonyl (C=O) groups excluding carboxylic acids is 2. The van der Waals surface area contributed by atoms with Crippen LogP contribution in [0.3, 0.4) is 0 Å². The normalized spacial score (nSPS) is 14.8. The van der Waals surface area contributed by atoms with E-state index in [2.05, 4.69) is 15.6 Å². The summed E-state index contributed by atoms with van der Waals surface area (Å²) in [6, 6.07) is 13.7. The molecule has 4 rings (SSSR count). The Morgan fingerprint density at radius 1 is 0.971 bits per heavy atom. The van der Waals surface area contributed by atoms with Gasteiger partial charge in [0.2, 0.25) is 15.9 Å². The van der Waals surface area contributed by atoms with E-state index in [-0.39, 0.29) is 16.7 Å². The molecule has 2 amide bonds. The molecule has 2 heterocycles. The average molecular weight is 513 g/mol. The summed E-state index contributed by atoms with van der Waals surface area (Å²) in [5.41, 5.74) is 2.97. The number of sulfonamides is 1. The zero-order valence-corrected chi connectivity index (χ0v) is 21.1. The molecular weight excluding hydrogens is 484 g/mol. The van der Waals surface area contributed by atoms with Gasteiger partial charge in [-0.25, -0.2) is 13.4 Å². The molecule has 0 unspecified atom stereocenters. The Morgan fingerprint density at radius 3 is 2.26 bits per heavy atom. The number of rotatable bonds is 7. The van der Waals surface area contributed by atoms with Gasteiger partial charge >= 0.3 is 0 Å². The van der Waals surface area contributed by atoms with Gasteiger partial charge in [0.1, 0.15) is 0 Å². The number of nitrogens with one attached hydrogen (secondary N) is 2. The van der Waals surface area contributed by atoms with Crippen LogP contribution in [0.2, 0.25) is 0 Å². The lowest BCUT2D eigenvalue weighted by Gasteiger charge is -2.20. The predicted molar refractivity (Wildman–Crippen MR) is 137 cm³/mol. The first-order valence-electron chi connectivity index (χ1n) is 11.5. The zero-order chi connectivity index (χ0) is 24.8. The van der Waals surface area contributed by atoms with Crippen molar-refractivity contribution in [2.45, 2.75) is 44.0 Å². The molecule has 0 saturated carbocycles. The topological polar surface area (TPSA) is 108 Å². The van der Waals surface area contributed by atoms with E-state index >= 15 is 0 Å². The summed E-state index contributed by atoms with van der Waals surface area (Å²) in [6.07, 6.45) is 3.84. The van der Waals surface area contributed by atoms with Gasteiger partial charge in [-0.1, -0.05) is 37.1 Å². The van der Waals surface area contributed by atoms with Crippen molar-refractivity contribution in [2.75, 3.05) is 18.4 Å². The lowest BCUT2D eigenvalue weighted by Crippen LogP contribution is -2.31. The predicted octanol–water partition coefficient (Wildman–Crippen LogP) is 4.26. The Kier molecular flexibility index (Phi) is 7.94. The Bertz CT molecular complexity index is 1280. The van der Waals surface area contributed by atoms with Gasteiger partial charge < -0.3 is 5.32 Å². The minimum atomic E-state index is -3.55. The van der Waals surface area contributed by atoms with E-state index in [9.17, 15) is 18.0 Å². The first-order valence-corrected chi connectivity index (χ1v) is 13.9. The van der Waals surface area contributed by atoms with Gasteiger partial charge in [-0.2, -0.15) is 4.31 Å². The van der Waals surface area contributed by atoms with Gasteiger partial charge in [-0.15, -0.1) is 11.3 Å². The molecule has 2 N–H and O–H groups in total. The molecule has 0 bridgehead atoms. The van der Waals surface area contributed by atoms with Gasteiger partial charge in [-0.05, 0) is 42.7 Å². The van der Waals surface area contributed by atoms with Crippen molar-refractivity contribution < 1.29 is 18.0 Å². The summed E-state index contributed by atoms with van der Waals surface area (Å²) < 4.78 is 27.4. The fourth-order valence-electron chi connectivity index (χ4n) is 3.86. The maximum absolute atomic E-state index is 12.9. The van der Waals surface area contributed by atoms with Crippen molar-refractivity contribution in [3.8, 4) is 11.3 Å². The second kappa shape index (κ2) is 11.1. The number of thiazole rings is 1. The number of hydrogen-bond donors (Lipinski definition) is 2. The molecule has 0 spiro atoms. The van der Waals surface area contributed by atoms with Crippen LogP contribution in [-0.2, 0) is 21.4 Å². The number of hydrogen-bond acceptors (Lipinski definition) is 6. The highest BCUT2D eigenvalue weighted by atomic mass is 32.2. The summed E-state index contributed by atoms with van der Waals surface area (Å²) in [6.45, 7) is 3.02. The van der Waals surface area contributed by atoms with Crippen molar-refractivity contribution in [2.24, 2.45) is 0 Å². The van der Waals surface area contributed by atoms with Crippen molar-refractivity contribution in [3.63, 3.8) is 0 Å². The minimum absolute atomic E-state index is 0.0809. The van der Waals surface area contributed by atoms with Crippen LogP contribution in [-0.4, -0.2) is 42.6 Å². The zero-order valence-electron chi connectivity index (χ0n) is 19.5. The molecule has 0 aliphatic carbocycles. The number of nitrogens with zero attached hydrogens (tertiary/aromatic N) is 2. The van der Waals surface area contributed by atoms with Crippen molar-refractivity contribution >= 4 is 38.3 Å². The van der Waals surface area contributed by atoms with E-state index in [1.165, 1.54) is 42.5 Å². The standard InChI is InChI=1S/C25H28N4O4S2/c1-18(30)26-16-19-6-8-20(9-7-19)23-17-34-25(27-23)28-24(31)21-10-12-22(13-11-21)35(32,33)29-14-4-2-3-5-15-29/h6-13,17H,2-5,14-16H2,1H3,(H,26,30)(H,27,28,31). The third-order valence-corrected chi connectivity index (χ3v) is 8.51. The van der Waals surface area contributed by atoms with Crippen LogP contribution in [0.15, 0.2) is 58.8 Å². The Hall–Kier alpha value is -3.08. The van der Waals surface area contributed by atoms with Crippen molar-refractivity contribution in [1.82, 2.24) is 14.6 Å². The van der Waals surface area contributed by atoms with E-state index in [0.29, 0.717) is 30.3 Å². The highest BCUT2D eigenvalue weighted by Gasteiger charge is 2.25. The molecule has 3 aromatic rings. The van der Waals surface area contributed by atoms with Gasteiger partial charge in [-0.3, -0.25) is 14.9 Å². The molecule has 1 fully saturated rings. The lowest BCUT2D eigenvalue weighted by atomic mass is 10.1. The molecule has 2 aromatic carbocycles. The van der Waals surface area contributed by atoms with Crippen LogP contribution in [0.1, 0.15) is 48.5 Å². The maximum Gasteiger partial charge on any atom is 0.257 e. The van der Waals surface area contributed by atoms with Gasteiger partial charge in [0.15, 0.2) is 5.13 Å². The Morgan fingerprint density at radius 2 is 1.63 bits per heavy atom. The number of anilines is 1. The lowest BCUT2D eigenvalue weighted by molar-refractivity contribution is -0.119. The van der Waals surface area contributed by atoms with Crippen LogP contribution < -0.4 is 10.6 Å². The monoisotopic (exact) mass is 512 g/mol. The van der Waals surface area contributed by atoms with E-state index in [1.54, 1.807) is 4.31 Å². The van der Waals surface area contributed by atoms with Crippen LogP contribution in [0.5, 0.6) is 0 Å². The van der Waals surface area contributed by atoms with Gasteiger partial charge in [0.25, 0.3) is 5.91 Å². The van der Waals surface area contributed by atoms with E-state index in [1.807, 2.05) is 29.6 Å². The minimum Gasteiger partial charge on any atom is -0.352 e. The van der Waals surface area contributed by atoms with Crippen molar-refractivity contribution in [1.29, 1.82) is 0 Å². The second-order valence-electron chi connectivity index (χ2n) is 8.44. The molecule has 10 heteroatoms. The molecule has 8 nitrogen and oxygen atoms in total. The van der Waals surface area contributed by atoms with Crippen LogP contribution >= 0.6 is 11.3 Å². The van der Waals surface area contributed by atoms with Crippen LogP contribution in [0, 0.1) is 0 Å². The maximum atomic E-state index is 12.9. The summed E-state index contributed by atoms with van der Waals surface area (Å²) in [5.74, 6) is -0.432. The number of aromatic nitrogens is 1. The fraction of sp³-hybridized carbons (Fsp3) is 0.320. The van der Waals surface area contributed by atoms with Crippen molar-refractivity contribution in [3.05, 3.63) is 65.0 Å². The second-order valence-corrected chi connectivity index (χ2v) is 11.2. The molecule has 1 aliphatic heterocycles. The number of benzene rings is 2. The van der Waals surface area contributed by atoms with Gasteiger partial charge in [0.05, 0.1) is 10.6 Å². The van der Waals surface area contributed by atoms with E-state index in [0.717, 1.165) is 42.5 Å². The summed E-state index contributed by atoms with van der Waals surface area (Å²) in [4.78, 5) is 28.4. The van der Waals surface area contributed by atoms with Crippen LogP contribution in [0.4, 0.5) is 5.13 Å². The SMILES string of the molecule is CC(=O)NCc1ccc(-c2csc(NC(=O)c3ccc(S(=O)(=O)N4CCCCCC4)cc3)n2)cc1. The average Bonchev–Trinajstić information content (AvgIpc) is 3.13. The summed E-state index contributed by atoms with van der Waals surface area (Å²) >= 11 is 1.31. The van der Waals surface area contributed by atoms with Crippen LogP contribution in [0.25, 0.3) is 11.3 Å². The van der Waals surface area contributed by atoms with E-state index in [4.69, 9.17) is 0 Å². The summed E-state index contributed by atoms with van der Waals surface area (Å²) in [5, 5.41) is 7.85. The molecule has 0 atom stereocenters. The quantitative estimate of drug-likeness (QED) is 0.492. The molecule has 35 heavy (non-hydrogen) atoms.